The molecule has 5 heteroatoms. The molecule has 158 valence electrons. The molecule has 1 saturated carbocycles. The Kier molecular flexibility index (Phi) is 7.21. The molecule has 1 fully saturated rings. The van der Waals surface area contributed by atoms with Crippen LogP contribution >= 0.6 is 11.3 Å². The first-order valence-electron chi connectivity index (χ1n) is 10.7. The number of aliphatic hydroxyl groups excluding tert-OH is 1. The summed E-state index contributed by atoms with van der Waals surface area (Å²) in [6, 6.07) is 1.99. The molecule has 2 aliphatic rings. The first kappa shape index (κ1) is 22.1. The number of hydrogen-bond acceptors (Lipinski definition) is 4. The molecule has 0 radical (unpaired) electrons. The van der Waals surface area contributed by atoms with E-state index in [1.54, 1.807) is 0 Å². The maximum Gasteiger partial charge on any atom is 0.346 e. The van der Waals surface area contributed by atoms with Gasteiger partial charge in [0.05, 0.1) is 11.5 Å². The Labute approximate surface area is 178 Å². The van der Waals surface area contributed by atoms with Crippen molar-refractivity contribution >= 4 is 22.9 Å². The number of nitrogens with zero attached hydrogens (tertiary/aromatic N) is 1. The van der Waals surface area contributed by atoms with Gasteiger partial charge in [-0.3, -0.25) is 4.90 Å². The average molecular weight is 416 g/mol. The lowest BCUT2D eigenvalue weighted by molar-refractivity contribution is 0.0701. The second-order valence-corrected chi connectivity index (χ2v) is 10.3. The maximum atomic E-state index is 12.1. The van der Waals surface area contributed by atoms with Gasteiger partial charge in [0.25, 0.3) is 0 Å². The molecule has 1 aromatic rings. The van der Waals surface area contributed by atoms with Crippen LogP contribution in [0.15, 0.2) is 11.6 Å². The number of hydrogen-bond donors (Lipinski definition) is 2. The second kappa shape index (κ2) is 9.47. The fourth-order valence-electron chi connectivity index (χ4n) is 4.41. The molecule has 1 aliphatic heterocycles. The molecule has 0 atom stereocenters. The van der Waals surface area contributed by atoms with Crippen LogP contribution < -0.4 is 0 Å². The molecule has 0 saturated heterocycles. The van der Waals surface area contributed by atoms with E-state index in [4.69, 9.17) is 0 Å². The van der Waals surface area contributed by atoms with Crippen LogP contribution in [-0.4, -0.2) is 47.3 Å². The van der Waals surface area contributed by atoms with E-state index in [0.717, 1.165) is 30.0 Å². The molecule has 2 heterocycles. The van der Waals surface area contributed by atoms with Gasteiger partial charge in [0.15, 0.2) is 0 Å². The normalized spacial score (nSPS) is 19.2. The van der Waals surface area contributed by atoms with E-state index >= 15 is 0 Å². The lowest BCUT2D eigenvalue weighted by Crippen LogP contribution is -2.35. The minimum atomic E-state index is -0.872. The van der Waals surface area contributed by atoms with Gasteiger partial charge < -0.3 is 10.2 Å². The van der Waals surface area contributed by atoms with Gasteiger partial charge in [0.2, 0.25) is 0 Å². The van der Waals surface area contributed by atoms with Crippen molar-refractivity contribution in [3.05, 3.63) is 27.0 Å². The maximum absolute atomic E-state index is 12.1. The third-order valence-electron chi connectivity index (χ3n) is 5.79. The molecule has 0 bridgehead atoms. The summed E-state index contributed by atoms with van der Waals surface area (Å²) in [6.07, 6.45) is 7.22. The van der Waals surface area contributed by atoms with Gasteiger partial charge in [-0.1, -0.05) is 36.7 Å². The van der Waals surface area contributed by atoms with Crippen molar-refractivity contribution in [2.24, 2.45) is 11.3 Å². The molecule has 1 aromatic heterocycles. The summed E-state index contributed by atoms with van der Waals surface area (Å²) in [5, 5.41) is 19.3. The molecule has 0 aromatic carbocycles. The number of carboxylic acid groups (broad SMARTS) is 1. The molecule has 0 spiro atoms. The summed E-state index contributed by atoms with van der Waals surface area (Å²) in [7, 11) is 0. The predicted molar refractivity (Wildman–Crippen MR) is 119 cm³/mol. The Morgan fingerprint density at radius 3 is 2.62 bits per heavy atom. The Balaban J connectivity index is 2.06. The molecular weight excluding hydrogens is 382 g/mol. The van der Waals surface area contributed by atoms with Crippen LogP contribution in [0.4, 0.5) is 0 Å². The third kappa shape index (κ3) is 5.72. The lowest BCUT2D eigenvalue weighted by atomic mass is 9.78. The van der Waals surface area contributed by atoms with Crippen LogP contribution in [-0.2, 0) is 0 Å². The summed E-state index contributed by atoms with van der Waals surface area (Å²) in [5.41, 5.74) is 3.36. The van der Waals surface area contributed by atoms with Crippen LogP contribution in [0.5, 0.6) is 0 Å². The van der Waals surface area contributed by atoms with Crippen LogP contribution in [0.2, 0.25) is 0 Å². The van der Waals surface area contributed by atoms with E-state index in [1.165, 1.54) is 54.6 Å². The van der Waals surface area contributed by atoms with Gasteiger partial charge in [0, 0.05) is 30.6 Å². The number of carbonyl (C=O) groups is 1. The quantitative estimate of drug-likeness (QED) is 0.673. The van der Waals surface area contributed by atoms with Crippen LogP contribution in [0, 0.1) is 23.2 Å². The number of carboxylic acids is 1. The summed E-state index contributed by atoms with van der Waals surface area (Å²) in [6.45, 7) is 8.60. The fourth-order valence-corrected chi connectivity index (χ4v) is 5.29. The van der Waals surface area contributed by atoms with Gasteiger partial charge >= 0.3 is 5.97 Å². The molecule has 0 amide bonds. The highest BCUT2D eigenvalue weighted by atomic mass is 32.1. The Bertz CT molecular complexity index is 829. The van der Waals surface area contributed by atoms with E-state index < -0.39 is 5.97 Å². The smallest absolute Gasteiger partial charge is 0.346 e. The van der Waals surface area contributed by atoms with Crippen molar-refractivity contribution in [1.82, 2.24) is 4.90 Å². The van der Waals surface area contributed by atoms with E-state index in [1.807, 2.05) is 6.07 Å². The molecule has 4 nitrogen and oxygen atoms in total. The van der Waals surface area contributed by atoms with Crippen molar-refractivity contribution in [3.8, 4) is 11.8 Å². The zero-order valence-corrected chi connectivity index (χ0v) is 18.7. The van der Waals surface area contributed by atoms with Crippen molar-refractivity contribution in [2.45, 2.75) is 59.3 Å². The van der Waals surface area contributed by atoms with E-state index in [9.17, 15) is 15.0 Å². The zero-order valence-electron chi connectivity index (χ0n) is 17.9. The van der Waals surface area contributed by atoms with Crippen LogP contribution in [0.3, 0.4) is 0 Å². The van der Waals surface area contributed by atoms with Gasteiger partial charge in [-0.2, -0.15) is 0 Å². The number of rotatable bonds is 5. The third-order valence-corrected chi connectivity index (χ3v) is 6.83. The number of thiophene rings is 1. The largest absolute Gasteiger partial charge is 0.477 e. The summed E-state index contributed by atoms with van der Waals surface area (Å²) >= 11 is 1.29. The van der Waals surface area contributed by atoms with E-state index in [2.05, 4.69) is 37.5 Å². The molecule has 3 rings (SSSR count). The van der Waals surface area contributed by atoms with Gasteiger partial charge in [-0.25, -0.2) is 4.79 Å². The topological polar surface area (TPSA) is 60.8 Å². The molecule has 0 unspecified atom stereocenters. The highest BCUT2D eigenvalue weighted by molar-refractivity contribution is 7.14. The highest BCUT2D eigenvalue weighted by Gasteiger charge is 2.29. The van der Waals surface area contributed by atoms with Crippen LogP contribution in [0.1, 0.15) is 79.4 Å². The number of aliphatic hydroxyl groups is 1. The summed E-state index contributed by atoms with van der Waals surface area (Å²) in [4.78, 5) is 15.5. The van der Waals surface area contributed by atoms with Crippen molar-refractivity contribution in [3.63, 3.8) is 0 Å². The van der Waals surface area contributed by atoms with Crippen molar-refractivity contribution < 1.29 is 15.0 Å². The monoisotopic (exact) mass is 415 g/mol. The fraction of sp³-hybridized carbons (Fsp3) is 0.625. The Hall–Kier alpha value is -1.61. The molecule has 2 N–H and O–H groups in total. The number of aromatic carboxylic acids is 1. The Morgan fingerprint density at radius 1 is 1.28 bits per heavy atom. The number of β-amino-alcohol motifs (C(OH)–C–C–N with tert-alkyl or cyclic N) is 1. The predicted octanol–water partition coefficient (Wildman–Crippen LogP) is 4.88. The van der Waals surface area contributed by atoms with Gasteiger partial charge in [0.1, 0.15) is 4.88 Å². The van der Waals surface area contributed by atoms with Crippen molar-refractivity contribution in [1.29, 1.82) is 0 Å². The first-order valence-corrected chi connectivity index (χ1v) is 11.6. The van der Waals surface area contributed by atoms with E-state index in [0.29, 0.717) is 17.3 Å². The van der Waals surface area contributed by atoms with Crippen LogP contribution in [0.25, 0.3) is 5.57 Å². The molecule has 29 heavy (non-hydrogen) atoms. The minimum absolute atomic E-state index is 0.122. The van der Waals surface area contributed by atoms with Gasteiger partial charge in [-0.15, -0.1) is 11.3 Å². The highest BCUT2D eigenvalue weighted by Crippen LogP contribution is 2.41. The van der Waals surface area contributed by atoms with E-state index in [-0.39, 0.29) is 12.0 Å². The first-order chi connectivity index (χ1) is 13.8. The SMILES string of the molecule is CC(C)(C)C#Cc1cc(C2=C(C3CCCCC3)CCN(CCO)C2)c(C(=O)O)s1. The summed E-state index contributed by atoms with van der Waals surface area (Å²) < 4.78 is 0. The standard InChI is InChI=1S/C24H33NO3S/c1-24(2,3)11-9-18-15-20(22(29-18)23(27)28)21-16-25(13-14-26)12-10-19(21)17-7-5-4-6-8-17/h15,17,26H,4-8,10,12-14,16H2,1-3H3,(H,27,28). The van der Waals surface area contributed by atoms with Crippen molar-refractivity contribution in [2.75, 3.05) is 26.2 Å². The van der Waals surface area contributed by atoms with Gasteiger partial charge in [-0.05, 0) is 57.6 Å². The minimum Gasteiger partial charge on any atom is -0.477 e. The second-order valence-electron chi connectivity index (χ2n) is 9.25. The molecule has 1 aliphatic carbocycles. The summed E-state index contributed by atoms with van der Waals surface area (Å²) in [5.74, 6) is 6.13. The Morgan fingerprint density at radius 2 is 2.00 bits per heavy atom. The lowest BCUT2D eigenvalue weighted by Gasteiger charge is -2.35. The molecular formula is C24H33NO3S. The average Bonchev–Trinajstić information content (AvgIpc) is 3.11. The zero-order chi connectivity index (χ0) is 21.0.